The first-order chi connectivity index (χ1) is 8.32. The lowest BCUT2D eigenvalue weighted by atomic mass is 10.1. The van der Waals surface area contributed by atoms with Gasteiger partial charge in [-0.3, -0.25) is 4.79 Å². The molecule has 0 fully saturated rings. The zero-order chi connectivity index (χ0) is 13.9. The van der Waals surface area contributed by atoms with Crippen LogP contribution in [-0.4, -0.2) is 10.7 Å². The fourth-order valence-electron chi connectivity index (χ4n) is 1.46. The summed E-state index contributed by atoms with van der Waals surface area (Å²) >= 11 is 3.29. The predicted octanol–water partition coefficient (Wildman–Crippen LogP) is 3.56. The number of rotatable bonds is 4. The second-order valence-corrected chi connectivity index (χ2v) is 5.54. The number of nitrogens with one attached hydrogen (secondary N) is 1. The molecular formula is C13H16BrF2NO. The second-order valence-electron chi connectivity index (χ2n) is 4.55. The number of carbonyl (C=O) groups excluding carboxylic acids is 1. The van der Waals surface area contributed by atoms with Gasteiger partial charge in [-0.1, -0.05) is 35.8 Å². The van der Waals surface area contributed by atoms with Gasteiger partial charge in [0.15, 0.2) is 11.6 Å². The molecule has 0 radical (unpaired) electrons. The molecular weight excluding hydrogens is 304 g/mol. The molecule has 1 rings (SSSR count). The number of carbonyl (C=O) groups is 1. The van der Waals surface area contributed by atoms with Crippen LogP contribution >= 0.6 is 15.9 Å². The van der Waals surface area contributed by atoms with E-state index in [1.165, 1.54) is 6.07 Å². The van der Waals surface area contributed by atoms with Gasteiger partial charge < -0.3 is 5.32 Å². The average Bonchev–Trinajstić information content (AvgIpc) is 2.31. The van der Waals surface area contributed by atoms with Crippen LogP contribution in [0.5, 0.6) is 0 Å². The zero-order valence-corrected chi connectivity index (χ0v) is 12.1. The lowest BCUT2D eigenvalue weighted by molar-refractivity contribution is -0.121. The van der Waals surface area contributed by atoms with Crippen molar-refractivity contribution < 1.29 is 13.6 Å². The van der Waals surface area contributed by atoms with Gasteiger partial charge in [-0.25, -0.2) is 8.78 Å². The van der Waals surface area contributed by atoms with Crippen molar-refractivity contribution in [2.45, 2.75) is 31.6 Å². The molecule has 1 aromatic carbocycles. The molecule has 0 aromatic heterocycles. The first-order valence-corrected chi connectivity index (χ1v) is 6.64. The normalized spacial score (nSPS) is 14.4. The van der Waals surface area contributed by atoms with Gasteiger partial charge in [0.1, 0.15) is 0 Å². The van der Waals surface area contributed by atoms with Crippen molar-refractivity contribution in [3.05, 3.63) is 35.4 Å². The molecule has 0 saturated heterocycles. The molecule has 18 heavy (non-hydrogen) atoms. The molecule has 0 aliphatic rings. The van der Waals surface area contributed by atoms with Crippen LogP contribution in [0, 0.1) is 17.6 Å². The summed E-state index contributed by atoms with van der Waals surface area (Å²) in [5, 5.41) is 2.75. The molecule has 0 bridgehead atoms. The summed E-state index contributed by atoms with van der Waals surface area (Å²) < 4.78 is 25.9. The van der Waals surface area contributed by atoms with Gasteiger partial charge in [-0.15, -0.1) is 0 Å². The van der Waals surface area contributed by atoms with E-state index in [0.717, 1.165) is 12.1 Å². The molecule has 0 saturated carbocycles. The van der Waals surface area contributed by atoms with E-state index in [-0.39, 0.29) is 22.7 Å². The van der Waals surface area contributed by atoms with Crippen LogP contribution in [0.25, 0.3) is 0 Å². The third-order valence-corrected chi connectivity index (χ3v) is 4.11. The quantitative estimate of drug-likeness (QED) is 0.845. The first-order valence-electron chi connectivity index (χ1n) is 5.72. The standard InChI is InChI=1S/C13H16BrF2NO/c1-7(2)12(14)13(18)17-8(3)9-4-5-10(15)11(16)6-9/h4-8,12H,1-3H3,(H,17,18). The Balaban J connectivity index is 2.73. The second kappa shape index (κ2) is 6.27. The SMILES string of the molecule is CC(NC(=O)C(Br)C(C)C)c1ccc(F)c(F)c1. The van der Waals surface area contributed by atoms with Crippen molar-refractivity contribution in [3.8, 4) is 0 Å². The Morgan fingerprint density at radius 3 is 2.33 bits per heavy atom. The molecule has 0 spiro atoms. The number of hydrogen-bond acceptors (Lipinski definition) is 1. The van der Waals surface area contributed by atoms with E-state index in [0.29, 0.717) is 5.56 Å². The smallest absolute Gasteiger partial charge is 0.234 e. The van der Waals surface area contributed by atoms with Gasteiger partial charge in [0.2, 0.25) is 5.91 Å². The fraction of sp³-hybridized carbons (Fsp3) is 0.462. The molecule has 2 nitrogen and oxygen atoms in total. The zero-order valence-electron chi connectivity index (χ0n) is 10.5. The summed E-state index contributed by atoms with van der Waals surface area (Å²) in [6, 6.07) is 3.24. The van der Waals surface area contributed by atoms with Gasteiger partial charge in [0.25, 0.3) is 0 Å². The summed E-state index contributed by atoms with van der Waals surface area (Å²) in [5.74, 6) is -1.81. The van der Waals surface area contributed by atoms with E-state index in [1.807, 2.05) is 13.8 Å². The van der Waals surface area contributed by atoms with Gasteiger partial charge >= 0.3 is 0 Å². The number of alkyl halides is 1. The third-order valence-electron chi connectivity index (χ3n) is 2.64. The van der Waals surface area contributed by atoms with Crippen molar-refractivity contribution in [1.82, 2.24) is 5.32 Å². The van der Waals surface area contributed by atoms with Gasteiger partial charge in [0, 0.05) is 0 Å². The van der Waals surface area contributed by atoms with Crippen LogP contribution in [-0.2, 0) is 4.79 Å². The highest BCUT2D eigenvalue weighted by Crippen LogP contribution is 2.18. The highest BCUT2D eigenvalue weighted by Gasteiger charge is 2.20. The molecule has 1 N–H and O–H groups in total. The lowest BCUT2D eigenvalue weighted by Gasteiger charge is -2.19. The molecule has 100 valence electrons. The molecule has 2 atom stereocenters. The van der Waals surface area contributed by atoms with Gasteiger partial charge in [0.05, 0.1) is 10.9 Å². The topological polar surface area (TPSA) is 29.1 Å². The summed E-state index contributed by atoms with van der Waals surface area (Å²) in [5.41, 5.74) is 0.533. The molecule has 1 amide bonds. The highest BCUT2D eigenvalue weighted by molar-refractivity contribution is 9.10. The first kappa shape index (κ1) is 15.1. The molecule has 0 aliphatic heterocycles. The Morgan fingerprint density at radius 2 is 1.83 bits per heavy atom. The van der Waals surface area contributed by atoms with Crippen LogP contribution in [0.3, 0.4) is 0 Å². The predicted molar refractivity (Wildman–Crippen MR) is 70.5 cm³/mol. The Morgan fingerprint density at radius 1 is 1.22 bits per heavy atom. The summed E-state index contributed by atoms with van der Waals surface area (Å²) in [4.78, 5) is 11.5. The number of halogens is 3. The van der Waals surface area contributed by atoms with Crippen molar-refractivity contribution >= 4 is 21.8 Å². The molecule has 0 heterocycles. The van der Waals surface area contributed by atoms with E-state index in [4.69, 9.17) is 0 Å². The minimum Gasteiger partial charge on any atom is -0.349 e. The average molecular weight is 320 g/mol. The molecule has 5 heteroatoms. The van der Waals surface area contributed by atoms with Crippen molar-refractivity contribution in [3.63, 3.8) is 0 Å². The minimum absolute atomic E-state index is 0.155. The fourth-order valence-corrected chi connectivity index (χ4v) is 1.59. The van der Waals surface area contributed by atoms with Gasteiger partial charge in [-0.2, -0.15) is 0 Å². The van der Waals surface area contributed by atoms with E-state index in [1.54, 1.807) is 6.92 Å². The third kappa shape index (κ3) is 3.77. The van der Waals surface area contributed by atoms with E-state index in [9.17, 15) is 13.6 Å². The number of hydrogen-bond donors (Lipinski definition) is 1. The van der Waals surface area contributed by atoms with E-state index in [2.05, 4.69) is 21.2 Å². The maximum atomic E-state index is 13.1. The lowest BCUT2D eigenvalue weighted by Crippen LogP contribution is -2.35. The van der Waals surface area contributed by atoms with Crippen LogP contribution < -0.4 is 5.32 Å². The van der Waals surface area contributed by atoms with Crippen molar-refractivity contribution in [2.24, 2.45) is 5.92 Å². The van der Waals surface area contributed by atoms with E-state index < -0.39 is 11.6 Å². The molecule has 0 aliphatic carbocycles. The Kier molecular flexibility index (Phi) is 5.26. The maximum Gasteiger partial charge on any atom is 0.234 e. The summed E-state index contributed by atoms with van der Waals surface area (Å²) in [6.07, 6.45) is 0. The highest BCUT2D eigenvalue weighted by atomic mass is 79.9. The summed E-state index contributed by atoms with van der Waals surface area (Å²) in [7, 11) is 0. The van der Waals surface area contributed by atoms with E-state index >= 15 is 0 Å². The monoisotopic (exact) mass is 319 g/mol. The number of amides is 1. The largest absolute Gasteiger partial charge is 0.349 e. The van der Waals surface area contributed by atoms with Crippen LogP contribution in [0.2, 0.25) is 0 Å². The minimum atomic E-state index is -0.909. The molecule has 2 unspecified atom stereocenters. The van der Waals surface area contributed by atoms with Crippen molar-refractivity contribution in [2.75, 3.05) is 0 Å². The van der Waals surface area contributed by atoms with Crippen LogP contribution in [0.15, 0.2) is 18.2 Å². The number of benzene rings is 1. The maximum absolute atomic E-state index is 13.1. The Labute approximate surface area is 114 Å². The van der Waals surface area contributed by atoms with Crippen LogP contribution in [0.1, 0.15) is 32.4 Å². The molecule has 1 aromatic rings. The Hall–Kier alpha value is -0.970. The van der Waals surface area contributed by atoms with Gasteiger partial charge in [-0.05, 0) is 30.5 Å². The summed E-state index contributed by atoms with van der Waals surface area (Å²) in [6.45, 7) is 5.56. The Bertz CT molecular complexity index is 437. The van der Waals surface area contributed by atoms with Crippen molar-refractivity contribution in [1.29, 1.82) is 0 Å². The van der Waals surface area contributed by atoms with Crippen LogP contribution in [0.4, 0.5) is 8.78 Å².